The Morgan fingerprint density at radius 3 is 2.64 bits per heavy atom. The number of likely N-dealkylation sites (tertiary alicyclic amines) is 1. The Kier molecular flexibility index (Phi) is 3.61. The molecule has 1 amide bonds. The number of halogens is 3. The van der Waals surface area contributed by atoms with Crippen LogP contribution in [0.4, 0.5) is 13.2 Å². The summed E-state index contributed by atoms with van der Waals surface area (Å²) in [4.78, 5) is 14.7. The van der Waals surface area contributed by atoms with E-state index in [0.717, 1.165) is 25.0 Å². The maximum atomic E-state index is 12.9. The quantitative estimate of drug-likeness (QED) is 0.859. The number of aryl methyl sites for hydroxylation is 1. The molecule has 0 bridgehead atoms. The van der Waals surface area contributed by atoms with Crippen LogP contribution in [0.5, 0.6) is 0 Å². The highest BCUT2D eigenvalue weighted by Crippen LogP contribution is 2.38. The summed E-state index contributed by atoms with van der Waals surface area (Å²) < 4.78 is 40.4. The lowest BCUT2D eigenvalue weighted by atomic mass is 9.98. The van der Waals surface area contributed by atoms with Gasteiger partial charge in [0, 0.05) is 37.1 Å². The van der Waals surface area contributed by atoms with Crippen LogP contribution in [0.1, 0.15) is 28.9 Å². The van der Waals surface area contributed by atoms with Gasteiger partial charge in [-0.2, -0.15) is 13.2 Å². The van der Waals surface area contributed by atoms with Crippen molar-refractivity contribution in [3.63, 3.8) is 0 Å². The van der Waals surface area contributed by atoms with Gasteiger partial charge >= 0.3 is 6.18 Å². The van der Waals surface area contributed by atoms with E-state index in [2.05, 4.69) is 0 Å². The lowest BCUT2D eigenvalue weighted by molar-refractivity contribution is -0.137. The molecule has 4 nitrogen and oxygen atoms in total. The SMILES string of the molecule is Cn1c(C(=O)N2CC3CCC(N)C3C2)cc2cc(C(F)(F)F)ccc21. The largest absolute Gasteiger partial charge is 0.416 e. The maximum absolute atomic E-state index is 12.9. The van der Waals surface area contributed by atoms with E-state index in [0.29, 0.717) is 41.5 Å². The van der Waals surface area contributed by atoms with Crippen LogP contribution >= 0.6 is 0 Å². The Morgan fingerprint density at radius 2 is 1.96 bits per heavy atom. The minimum atomic E-state index is -4.39. The molecule has 1 aromatic carbocycles. The summed E-state index contributed by atoms with van der Waals surface area (Å²) >= 11 is 0. The molecule has 3 atom stereocenters. The number of aromatic nitrogens is 1. The highest BCUT2D eigenvalue weighted by atomic mass is 19.4. The molecule has 1 aliphatic carbocycles. The molecule has 1 saturated heterocycles. The van der Waals surface area contributed by atoms with E-state index in [4.69, 9.17) is 5.73 Å². The highest BCUT2D eigenvalue weighted by Gasteiger charge is 2.43. The summed E-state index contributed by atoms with van der Waals surface area (Å²) in [6.07, 6.45) is -2.35. The number of nitrogens with zero attached hydrogens (tertiary/aromatic N) is 2. The minimum Gasteiger partial charge on any atom is -0.340 e. The average molecular weight is 351 g/mol. The third-order valence-corrected chi connectivity index (χ3v) is 5.79. The van der Waals surface area contributed by atoms with Gasteiger partial charge in [-0.25, -0.2) is 0 Å². The molecule has 2 heterocycles. The smallest absolute Gasteiger partial charge is 0.340 e. The zero-order valence-corrected chi connectivity index (χ0v) is 13.9. The third-order valence-electron chi connectivity index (χ3n) is 5.79. The summed E-state index contributed by atoms with van der Waals surface area (Å²) in [5.41, 5.74) is 6.45. The summed E-state index contributed by atoms with van der Waals surface area (Å²) in [6, 6.07) is 5.27. The number of hydrogen-bond acceptors (Lipinski definition) is 2. The van der Waals surface area contributed by atoms with Gasteiger partial charge in [0.25, 0.3) is 5.91 Å². The molecule has 25 heavy (non-hydrogen) atoms. The molecule has 4 rings (SSSR count). The van der Waals surface area contributed by atoms with Crippen molar-refractivity contribution < 1.29 is 18.0 Å². The van der Waals surface area contributed by atoms with Crippen LogP contribution in [0.3, 0.4) is 0 Å². The molecular weight excluding hydrogens is 331 g/mol. The lowest BCUT2D eigenvalue weighted by Crippen LogP contribution is -2.34. The number of alkyl halides is 3. The van der Waals surface area contributed by atoms with Crippen molar-refractivity contribution >= 4 is 16.8 Å². The van der Waals surface area contributed by atoms with E-state index >= 15 is 0 Å². The van der Waals surface area contributed by atoms with Crippen molar-refractivity contribution in [1.29, 1.82) is 0 Å². The Balaban J connectivity index is 1.65. The second-order valence-electron chi connectivity index (χ2n) is 7.24. The van der Waals surface area contributed by atoms with Crippen LogP contribution < -0.4 is 5.73 Å². The number of benzene rings is 1. The molecule has 134 valence electrons. The standard InChI is InChI=1S/C18H20F3N3O/c1-23-15-5-3-12(18(19,20)21)6-11(15)7-16(23)17(25)24-8-10-2-4-14(22)13(10)9-24/h3,5-7,10,13-14H,2,4,8-9,22H2,1H3. The molecule has 0 spiro atoms. The Hall–Kier alpha value is -2.02. The third kappa shape index (κ3) is 2.61. The molecule has 0 radical (unpaired) electrons. The van der Waals surface area contributed by atoms with Gasteiger partial charge in [-0.1, -0.05) is 0 Å². The van der Waals surface area contributed by atoms with Crippen molar-refractivity contribution in [3.05, 3.63) is 35.5 Å². The van der Waals surface area contributed by atoms with Gasteiger partial charge in [-0.15, -0.1) is 0 Å². The number of nitrogens with two attached hydrogens (primary N) is 1. The van der Waals surface area contributed by atoms with Gasteiger partial charge in [0.1, 0.15) is 5.69 Å². The van der Waals surface area contributed by atoms with Crippen molar-refractivity contribution in [2.45, 2.75) is 25.1 Å². The van der Waals surface area contributed by atoms with Crippen LogP contribution in [-0.4, -0.2) is 34.5 Å². The number of amides is 1. The second-order valence-corrected chi connectivity index (χ2v) is 7.24. The van der Waals surface area contributed by atoms with Crippen molar-refractivity contribution in [1.82, 2.24) is 9.47 Å². The zero-order chi connectivity index (χ0) is 17.9. The van der Waals surface area contributed by atoms with E-state index in [9.17, 15) is 18.0 Å². The van der Waals surface area contributed by atoms with Gasteiger partial charge in [0.05, 0.1) is 5.56 Å². The summed E-state index contributed by atoms with van der Waals surface area (Å²) in [7, 11) is 1.71. The number of carbonyl (C=O) groups excluding carboxylic acids is 1. The van der Waals surface area contributed by atoms with Crippen LogP contribution in [0.25, 0.3) is 10.9 Å². The first kappa shape index (κ1) is 16.4. The fourth-order valence-electron chi connectivity index (χ4n) is 4.37. The van der Waals surface area contributed by atoms with Gasteiger partial charge in [-0.3, -0.25) is 4.79 Å². The van der Waals surface area contributed by atoms with Gasteiger partial charge < -0.3 is 15.2 Å². The summed E-state index contributed by atoms with van der Waals surface area (Å²) in [5.74, 6) is 0.662. The average Bonchev–Trinajstić information content (AvgIpc) is 3.21. The highest BCUT2D eigenvalue weighted by molar-refractivity contribution is 5.99. The van der Waals surface area contributed by atoms with E-state index < -0.39 is 11.7 Å². The first-order valence-electron chi connectivity index (χ1n) is 8.47. The Morgan fingerprint density at radius 1 is 1.20 bits per heavy atom. The molecule has 1 aliphatic heterocycles. The fraction of sp³-hybridized carbons (Fsp3) is 0.500. The zero-order valence-electron chi connectivity index (χ0n) is 13.9. The monoisotopic (exact) mass is 351 g/mol. The normalized spacial score (nSPS) is 26.4. The first-order valence-corrected chi connectivity index (χ1v) is 8.47. The molecule has 2 fully saturated rings. The molecule has 2 N–H and O–H groups in total. The second kappa shape index (κ2) is 5.49. The number of hydrogen-bond donors (Lipinski definition) is 1. The molecule has 7 heteroatoms. The van der Waals surface area contributed by atoms with E-state index in [1.807, 2.05) is 0 Å². The van der Waals surface area contributed by atoms with Gasteiger partial charge in [0.15, 0.2) is 0 Å². The molecule has 2 aliphatic rings. The van der Waals surface area contributed by atoms with E-state index in [1.165, 1.54) is 6.07 Å². The molecular formula is C18H20F3N3O. The maximum Gasteiger partial charge on any atom is 0.416 e. The van der Waals surface area contributed by atoms with Crippen molar-refractivity contribution in [2.24, 2.45) is 24.6 Å². The predicted octanol–water partition coefficient (Wildman–Crippen LogP) is 3.01. The summed E-state index contributed by atoms with van der Waals surface area (Å²) in [6.45, 7) is 1.33. The van der Waals surface area contributed by atoms with Crippen LogP contribution in [-0.2, 0) is 13.2 Å². The van der Waals surface area contributed by atoms with Gasteiger partial charge in [-0.05, 0) is 48.9 Å². The number of fused-ring (bicyclic) bond motifs is 2. The van der Waals surface area contributed by atoms with Crippen molar-refractivity contribution in [3.8, 4) is 0 Å². The Labute approximate surface area is 143 Å². The fourth-order valence-corrected chi connectivity index (χ4v) is 4.37. The Bertz CT molecular complexity index is 842. The lowest BCUT2D eigenvalue weighted by Gasteiger charge is -2.19. The topological polar surface area (TPSA) is 51.3 Å². The first-order chi connectivity index (χ1) is 11.8. The molecule has 3 unspecified atom stereocenters. The summed E-state index contributed by atoms with van der Waals surface area (Å²) in [5, 5.41) is 0.428. The number of carbonyl (C=O) groups is 1. The van der Waals surface area contributed by atoms with E-state index in [-0.39, 0.29) is 11.9 Å². The van der Waals surface area contributed by atoms with Crippen LogP contribution in [0.15, 0.2) is 24.3 Å². The molecule has 1 saturated carbocycles. The van der Waals surface area contributed by atoms with Crippen molar-refractivity contribution in [2.75, 3.05) is 13.1 Å². The number of rotatable bonds is 1. The van der Waals surface area contributed by atoms with Gasteiger partial charge in [0.2, 0.25) is 0 Å². The van der Waals surface area contributed by atoms with E-state index in [1.54, 1.807) is 22.6 Å². The minimum absolute atomic E-state index is 0.131. The van der Waals surface area contributed by atoms with Crippen LogP contribution in [0.2, 0.25) is 0 Å². The van der Waals surface area contributed by atoms with Crippen LogP contribution in [0, 0.1) is 11.8 Å². The molecule has 2 aromatic rings. The predicted molar refractivity (Wildman–Crippen MR) is 88.0 cm³/mol. The molecule has 1 aromatic heterocycles.